The zero-order chi connectivity index (χ0) is 14.6. The van der Waals surface area contributed by atoms with Crippen molar-refractivity contribution in [1.82, 2.24) is 14.9 Å². The molecule has 1 atom stereocenters. The van der Waals surface area contributed by atoms with Crippen molar-refractivity contribution in [3.05, 3.63) is 40.9 Å². The third kappa shape index (κ3) is 4.09. The van der Waals surface area contributed by atoms with E-state index in [4.69, 9.17) is 0 Å². The van der Waals surface area contributed by atoms with Crippen molar-refractivity contribution in [2.75, 3.05) is 5.75 Å². The molecule has 0 fully saturated rings. The molecule has 2 aromatic rings. The number of hydrogen-bond donors (Lipinski definition) is 1. The Morgan fingerprint density at radius 3 is 2.60 bits per heavy atom. The van der Waals surface area contributed by atoms with Gasteiger partial charge in [-0.2, -0.15) is 0 Å². The Kier molecular flexibility index (Phi) is 4.85. The predicted octanol–water partition coefficient (Wildman–Crippen LogP) is 1.80. The number of nitrogens with one attached hydrogen (secondary N) is 1. The summed E-state index contributed by atoms with van der Waals surface area (Å²) in [5.74, 6) is 0.0631. The lowest BCUT2D eigenvalue weighted by molar-refractivity contribution is 0.552. The molecule has 1 heterocycles. The molecule has 108 valence electrons. The molecule has 0 spiro atoms. The van der Waals surface area contributed by atoms with E-state index in [2.05, 4.69) is 14.9 Å². The fraction of sp³-hybridized carbons (Fsp3) is 0.385. The van der Waals surface area contributed by atoms with Crippen LogP contribution in [-0.4, -0.2) is 29.8 Å². The number of hydrogen-bond acceptors (Lipinski definition) is 6. The Morgan fingerprint density at radius 2 is 2.00 bits per heavy atom. The van der Waals surface area contributed by atoms with Crippen molar-refractivity contribution < 1.29 is 8.42 Å². The number of benzene rings is 1. The van der Waals surface area contributed by atoms with Crippen LogP contribution < -0.4 is 5.32 Å². The SMILES string of the molecule is Cc1ccc(S(=O)(=O)C[C@@H](C)NCc2csnn2)cc1. The molecule has 0 amide bonds. The minimum Gasteiger partial charge on any atom is -0.308 e. The smallest absolute Gasteiger partial charge is 0.179 e. The van der Waals surface area contributed by atoms with Gasteiger partial charge in [0.05, 0.1) is 16.3 Å². The summed E-state index contributed by atoms with van der Waals surface area (Å²) in [6, 6.07) is 6.78. The van der Waals surface area contributed by atoms with Gasteiger partial charge >= 0.3 is 0 Å². The van der Waals surface area contributed by atoms with E-state index < -0.39 is 9.84 Å². The van der Waals surface area contributed by atoms with E-state index in [9.17, 15) is 8.42 Å². The first-order chi connectivity index (χ1) is 9.47. The van der Waals surface area contributed by atoms with Gasteiger partial charge in [-0.25, -0.2) is 8.42 Å². The zero-order valence-corrected chi connectivity index (χ0v) is 13.0. The Hall–Kier alpha value is -1.31. The fourth-order valence-corrected chi connectivity index (χ4v) is 3.74. The first-order valence-electron chi connectivity index (χ1n) is 6.26. The molecular weight excluding hydrogens is 294 g/mol. The van der Waals surface area contributed by atoms with Gasteiger partial charge in [-0.05, 0) is 37.5 Å². The summed E-state index contributed by atoms with van der Waals surface area (Å²) in [5, 5.41) is 8.90. The van der Waals surface area contributed by atoms with Crippen LogP contribution in [0.25, 0.3) is 0 Å². The fourth-order valence-electron chi connectivity index (χ4n) is 1.77. The van der Waals surface area contributed by atoms with Gasteiger partial charge in [-0.15, -0.1) is 5.10 Å². The van der Waals surface area contributed by atoms with E-state index in [0.717, 1.165) is 11.3 Å². The van der Waals surface area contributed by atoms with Crippen molar-refractivity contribution in [3.8, 4) is 0 Å². The summed E-state index contributed by atoms with van der Waals surface area (Å²) in [5.41, 5.74) is 1.88. The maximum Gasteiger partial charge on any atom is 0.179 e. The maximum atomic E-state index is 12.2. The van der Waals surface area contributed by atoms with Crippen LogP contribution in [0.1, 0.15) is 18.2 Å². The summed E-state index contributed by atoms with van der Waals surface area (Å²) >= 11 is 1.28. The minimum atomic E-state index is -3.26. The summed E-state index contributed by atoms with van der Waals surface area (Å²) in [7, 11) is -3.26. The second kappa shape index (κ2) is 6.43. The summed E-state index contributed by atoms with van der Waals surface area (Å²) < 4.78 is 28.3. The van der Waals surface area contributed by atoms with E-state index in [1.807, 2.05) is 31.4 Å². The molecule has 1 aromatic heterocycles. The van der Waals surface area contributed by atoms with Crippen LogP contribution in [0.4, 0.5) is 0 Å². The zero-order valence-electron chi connectivity index (χ0n) is 11.4. The number of aromatic nitrogens is 2. The largest absolute Gasteiger partial charge is 0.308 e. The van der Waals surface area contributed by atoms with Crippen LogP contribution in [0.2, 0.25) is 0 Å². The number of aryl methyl sites for hydroxylation is 1. The van der Waals surface area contributed by atoms with Crippen molar-refractivity contribution in [2.24, 2.45) is 0 Å². The quantitative estimate of drug-likeness (QED) is 0.880. The van der Waals surface area contributed by atoms with E-state index in [1.165, 1.54) is 11.5 Å². The molecule has 20 heavy (non-hydrogen) atoms. The molecule has 7 heteroatoms. The molecule has 0 aliphatic carbocycles. The highest BCUT2D eigenvalue weighted by Gasteiger charge is 2.18. The van der Waals surface area contributed by atoms with Crippen molar-refractivity contribution >= 4 is 21.4 Å². The lowest BCUT2D eigenvalue weighted by Crippen LogP contribution is -2.32. The molecule has 0 bridgehead atoms. The van der Waals surface area contributed by atoms with Gasteiger partial charge in [0.15, 0.2) is 9.84 Å². The van der Waals surface area contributed by atoms with Crippen LogP contribution in [0.3, 0.4) is 0 Å². The van der Waals surface area contributed by atoms with Gasteiger partial charge in [-0.1, -0.05) is 22.2 Å². The van der Waals surface area contributed by atoms with Crippen LogP contribution in [0, 0.1) is 6.92 Å². The topological polar surface area (TPSA) is 72.0 Å². The lowest BCUT2D eigenvalue weighted by atomic mass is 10.2. The summed E-state index contributed by atoms with van der Waals surface area (Å²) in [6.45, 7) is 4.31. The maximum absolute atomic E-state index is 12.2. The van der Waals surface area contributed by atoms with Gasteiger partial charge in [-0.3, -0.25) is 0 Å². The normalized spacial score (nSPS) is 13.3. The second-order valence-corrected chi connectivity index (χ2v) is 7.42. The van der Waals surface area contributed by atoms with Crippen LogP contribution in [-0.2, 0) is 16.4 Å². The van der Waals surface area contributed by atoms with Gasteiger partial charge in [0.25, 0.3) is 0 Å². The van der Waals surface area contributed by atoms with E-state index in [0.29, 0.717) is 11.4 Å². The first kappa shape index (κ1) is 15.1. The third-order valence-corrected chi connectivity index (χ3v) is 5.37. The third-order valence-electron chi connectivity index (χ3n) is 2.89. The molecule has 0 saturated heterocycles. The van der Waals surface area contributed by atoms with Crippen LogP contribution >= 0.6 is 11.5 Å². The van der Waals surface area contributed by atoms with Crippen LogP contribution in [0.5, 0.6) is 0 Å². The van der Waals surface area contributed by atoms with Crippen molar-refractivity contribution in [1.29, 1.82) is 0 Å². The lowest BCUT2D eigenvalue weighted by Gasteiger charge is -2.13. The molecule has 0 unspecified atom stereocenters. The molecule has 0 saturated carbocycles. The second-order valence-electron chi connectivity index (χ2n) is 4.77. The van der Waals surface area contributed by atoms with Gasteiger partial charge < -0.3 is 5.32 Å². The monoisotopic (exact) mass is 311 g/mol. The Bertz CT molecular complexity index is 637. The highest BCUT2D eigenvalue weighted by atomic mass is 32.2. The van der Waals surface area contributed by atoms with Gasteiger partial charge in [0, 0.05) is 18.0 Å². The van der Waals surface area contributed by atoms with E-state index in [1.54, 1.807) is 12.1 Å². The van der Waals surface area contributed by atoms with Gasteiger partial charge in [0.1, 0.15) is 0 Å². The summed E-state index contributed by atoms with van der Waals surface area (Å²) in [6.07, 6.45) is 0. The van der Waals surface area contributed by atoms with Crippen LogP contribution in [0.15, 0.2) is 34.5 Å². The average molecular weight is 311 g/mol. The highest BCUT2D eigenvalue weighted by Crippen LogP contribution is 2.13. The average Bonchev–Trinajstić information content (AvgIpc) is 2.89. The Labute approximate surface area is 123 Å². The van der Waals surface area contributed by atoms with E-state index >= 15 is 0 Å². The van der Waals surface area contributed by atoms with Crippen molar-refractivity contribution in [2.45, 2.75) is 31.3 Å². The Balaban J connectivity index is 1.95. The first-order valence-corrected chi connectivity index (χ1v) is 8.75. The predicted molar refractivity (Wildman–Crippen MR) is 79.4 cm³/mol. The van der Waals surface area contributed by atoms with E-state index in [-0.39, 0.29) is 11.8 Å². The van der Waals surface area contributed by atoms with Crippen molar-refractivity contribution in [3.63, 3.8) is 0 Å². The molecule has 0 aliphatic rings. The number of nitrogens with zero attached hydrogens (tertiary/aromatic N) is 2. The molecule has 0 aliphatic heterocycles. The molecular formula is C13H17N3O2S2. The minimum absolute atomic E-state index is 0.0631. The molecule has 1 aromatic carbocycles. The molecule has 1 N–H and O–H groups in total. The molecule has 2 rings (SSSR count). The molecule has 0 radical (unpaired) electrons. The molecule has 5 nitrogen and oxygen atoms in total. The number of rotatable bonds is 6. The van der Waals surface area contributed by atoms with Gasteiger partial charge in [0.2, 0.25) is 0 Å². The highest BCUT2D eigenvalue weighted by molar-refractivity contribution is 7.91. The standard InChI is InChI=1S/C13H17N3O2S2/c1-10-3-5-13(6-4-10)20(17,18)9-11(2)14-7-12-8-19-16-15-12/h3-6,8,11,14H,7,9H2,1-2H3/t11-/m1/s1. The summed E-state index contributed by atoms with van der Waals surface area (Å²) in [4.78, 5) is 0.368. The Morgan fingerprint density at radius 1 is 1.30 bits per heavy atom. The number of sulfone groups is 1.